The van der Waals surface area contributed by atoms with E-state index < -0.39 is 0 Å². The van der Waals surface area contributed by atoms with Crippen LogP contribution >= 0.6 is 22.7 Å². The van der Waals surface area contributed by atoms with Gasteiger partial charge in [0, 0.05) is 51.5 Å². The Kier molecular flexibility index (Phi) is 8.13. The average Bonchev–Trinajstić information content (AvgIpc) is 3.86. The fraction of sp³-hybridized carbons (Fsp3) is 0.0345. The van der Waals surface area contributed by atoms with Crippen LogP contribution in [-0.4, -0.2) is 0 Å². The van der Waals surface area contributed by atoms with Gasteiger partial charge in [0.15, 0.2) is 0 Å². The summed E-state index contributed by atoms with van der Waals surface area (Å²) < 4.78 is 5.31. The second kappa shape index (κ2) is 13.9. The van der Waals surface area contributed by atoms with E-state index in [1.807, 2.05) is 22.7 Å². The second-order valence-corrected chi connectivity index (χ2v) is 18.0. The SMILES string of the molecule is C/C=C\C=C(/C)c1ccccc1-c1c2cccc(-c3c4ccccc4cc4c3sc3ccccc34)c2cc2c(-c3c4ccccc4cc4c3sc3ccccc34)cccc12. The van der Waals surface area contributed by atoms with E-state index in [0.29, 0.717) is 0 Å². The van der Waals surface area contributed by atoms with Crippen molar-refractivity contribution >= 4 is 112 Å². The Hall–Kier alpha value is -6.84. The van der Waals surface area contributed by atoms with Crippen molar-refractivity contribution in [2.45, 2.75) is 13.8 Å². The van der Waals surface area contributed by atoms with Crippen LogP contribution in [0.2, 0.25) is 0 Å². The molecule has 0 N–H and O–H groups in total. The highest BCUT2D eigenvalue weighted by Crippen LogP contribution is 2.51. The molecule has 0 saturated carbocycles. The summed E-state index contributed by atoms with van der Waals surface area (Å²) in [6.45, 7) is 4.32. The molecule has 0 bridgehead atoms. The minimum absolute atomic E-state index is 1.24. The largest absolute Gasteiger partial charge is 0.135 e. The zero-order chi connectivity index (χ0) is 39.9. The molecule has 2 heteroatoms. The predicted molar refractivity (Wildman–Crippen MR) is 267 cm³/mol. The highest BCUT2D eigenvalue weighted by molar-refractivity contribution is 7.27. The molecule has 12 aromatic rings. The van der Waals surface area contributed by atoms with Gasteiger partial charge in [-0.2, -0.15) is 0 Å². The molecule has 0 amide bonds. The van der Waals surface area contributed by atoms with Crippen LogP contribution in [0.3, 0.4) is 0 Å². The van der Waals surface area contributed by atoms with Crippen LogP contribution in [0.5, 0.6) is 0 Å². The first-order chi connectivity index (χ1) is 29.7. The summed E-state index contributed by atoms with van der Waals surface area (Å²) in [7, 11) is 0. The molecular formula is C58H38S2. The zero-order valence-corrected chi connectivity index (χ0v) is 34.9. The second-order valence-electron chi connectivity index (χ2n) is 15.9. The Morgan fingerprint density at radius 2 is 0.833 bits per heavy atom. The summed E-state index contributed by atoms with van der Waals surface area (Å²) in [6, 6.07) is 66.1. The number of thiophene rings is 2. The van der Waals surface area contributed by atoms with E-state index in [0.717, 1.165) is 0 Å². The third kappa shape index (κ3) is 5.28. The van der Waals surface area contributed by atoms with Gasteiger partial charge >= 0.3 is 0 Å². The van der Waals surface area contributed by atoms with E-state index in [1.165, 1.54) is 128 Å². The first-order valence-electron chi connectivity index (χ1n) is 20.7. The number of allylic oxidation sites excluding steroid dienone is 4. The standard InChI is InChI=1S/C58H38S2/c1-3-4-17-35(2)38-20-9-10-25-43(38)54-44-26-15-28-46(55-39-21-7-5-18-36(39)32-50-41-23-11-13-30-52(41)59-57(50)55)48(44)34-49-45(54)27-16-29-47(49)56-40-22-8-6-19-37(40)33-51-42-24-12-14-31-53(42)60-58(51)56/h3-34H,1-2H3/b4-3-,35-17+. The molecule has 0 aliphatic rings. The number of rotatable bonds is 5. The molecule has 0 nitrogen and oxygen atoms in total. The van der Waals surface area contributed by atoms with Gasteiger partial charge in [0.2, 0.25) is 0 Å². The smallest absolute Gasteiger partial charge is 0.0440 e. The van der Waals surface area contributed by atoms with E-state index in [-0.39, 0.29) is 0 Å². The summed E-state index contributed by atoms with van der Waals surface area (Å²) in [5.41, 5.74) is 10.2. The van der Waals surface area contributed by atoms with Gasteiger partial charge in [0.1, 0.15) is 0 Å². The van der Waals surface area contributed by atoms with Crippen LogP contribution in [0.4, 0.5) is 0 Å². The molecule has 10 aromatic carbocycles. The van der Waals surface area contributed by atoms with Crippen molar-refractivity contribution in [3.8, 4) is 33.4 Å². The van der Waals surface area contributed by atoms with E-state index in [4.69, 9.17) is 0 Å². The number of fused-ring (bicyclic) bond motifs is 10. The van der Waals surface area contributed by atoms with E-state index in [9.17, 15) is 0 Å². The van der Waals surface area contributed by atoms with Crippen LogP contribution in [0.25, 0.3) is 122 Å². The van der Waals surface area contributed by atoms with Gasteiger partial charge < -0.3 is 0 Å². The third-order valence-corrected chi connectivity index (χ3v) is 14.9. The van der Waals surface area contributed by atoms with Crippen molar-refractivity contribution < 1.29 is 0 Å². The van der Waals surface area contributed by atoms with Crippen LogP contribution in [0, 0.1) is 0 Å². The lowest BCUT2D eigenvalue weighted by atomic mass is 9.83. The Balaban J connectivity index is 1.29. The maximum atomic E-state index is 2.53. The van der Waals surface area contributed by atoms with Crippen molar-refractivity contribution in [1.29, 1.82) is 0 Å². The summed E-state index contributed by atoms with van der Waals surface area (Å²) in [4.78, 5) is 0. The van der Waals surface area contributed by atoms with E-state index >= 15 is 0 Å². The normalized spacial score (nSPS) is 12.5. The molecule has 0 saturated heterocycles. The number of benzene rings is 10. The predicted octanol–water partition coefficient (Wildman–Crippen LogP) is 18.0. The highest BCUT2D eigenvalue weighted by atomic mass is 32.1. The number of hydrogen-bond acceptors (Lipinski definition) is 2. The lowest BCUT2D eigenvalue weighted by Gasteiger charge is -2.21. The van der Waals surface area contributed by atoms with E-state index in [2.05, 4.69) is 208 Å². The molecule has 0 unspecified atom stereocenters. The molecule has 0 radical (unpaired) electrons. The molecule has 0 fully saturated rings. The van der Waals surface area contributed by atoms with Gasteiger partial charge in [-0.1, -0.05) is 164 Å². The van der Waals surface area contributed by atoms with Gasteiger partial charge in [0.25, 0.3) is 0 Å². The minimum atomic E-state index is 1.24. The maximum Gasteiger partial charge on any atom is 0.0440 e. The number of hydrogen-bond donors (Lipinski definition) is 0. The summed E-state index contributed by atoms with van der Waals surface area (Å²) >= 11 is 3.83. The average molecular weight is 799 g/mol. The van der Waals surface area contributed by atoms with Crippen molar-refractivity contribution in [3.05, 3.63) is 200 Å². The summed E-state index contributed by atoms with van der Waals surface area (Å²) in [5.74, 6) is 0. The molecule has 0 atom stereocenters. The fourth-order valence-electron chi connectivity index (χ4n) is 9.85. The zero-order valence-electron chi connectivity index (χ0n) is 33.3. The monoisotopic (exact) mass is 798 g/mol. The van der Waals surface area contributed by atoms with Crippen LogP contribution in [0.15, 0.2) is 194 Å². The topological polar surface area (TPSA) is 0 Å². The molecule has 0 aliphatic heterocycles. The highest BCUT2D eigenvalue weighted by Gasteiger charge is 2.23. The van der Waals surface area contributed by atoms with Gasteiger partial charge in [-0.05, 0) is 121 Å². The Labute approximate surface area is 356 Å². The van der Waals surface area contributed by atoms with Gasteiger partial charge in [-0.15, -0.1) is 22.7 Å². The Morgan fingerprint density at radius 1 is 0.383 bits per heavy atom. The lowest BCUT2D eigenvalue weighted by molar-refractivity contribution is 1.55. The molecule has 2 aromatic heterocycles. The maximum absolute atomic E-state index is 2.53. The Morgan fingerprint density at radius 3 is 1.38 bits per heavy atom. The molecule has 2 heterocycles. The van der Waals surface area contributed by atoms with Crippen LogP contribution in [0.1, 0.15) is 19.4 Å². The van der Waals surface area contributed by atoms with Gasteiger partial charge in [-0.3, -0.25) is 0 Å². The quantitative estimate of drug-likeness (QED) is 0.120. The third-order valence-electron chi connectivity index (χ3n) is 12.5. The minimum Gasteiger partial charge on any atom is -0.135 e. The first kappa shape index (κ1) is 35.1. The molecule has 60 heavy (non-hydrogen) atoms. The van der Waals surface area contributed by atoms with Crippen molar-refractivity contribution in [2.75, 3.05) is 0 Å². The van der Waals surface area contributed by atoms with Crippen molar-refractivity contribution in [1.82, 2.24) is 0 Å². The summed E-state index contributed by atoms with van der Waals surface area (Å²) in [6.07, 6.45) is 6.50. The van der Waals surface area contributed by atoms with Crippen LogP contribution in [-0.2, 0) is 0 Å². The van der Waals surface area contributed by atoms with Gasteiger partial charge in [0.05, 0.1) is 0 Å². The molecule has 282 valence electrons. The molecule has 12 rings (SSSR count). The molecule has 0 aliphatic carbocycles. The molecular weight excluding hydrogens is 761 g/mol. The lowest BCUT2D eigenvalue weighted by Crippen LogP contribution is -1.94. The summed E-state index contributed by atoms with van der Waals surface area (Å²) in [5, 5.41) is 15.4. The van der Waals surface area contributed by atoms with Crippen molar-refractivity contribution in [3.63, 3.8) is 0 Å². The van der Waals surface area contributed by atoms with E-state index in [1.54, 1.807) is 0 Å². The first-order valence-corrected chi connectivity index (χ1v) is 22.3. The van der Waals surface area contributed by atoms with Crippen LogP contribution < -0.4 is 0 Å². The molecule has 0 spiro atoms. The van der Waals surface area contributed by atoms with Crippen molar-refractivity contribution in [2.24, 2.45) is 0 Å². The Bertz CT molecular complexity index is 3580. The fourth-order valence-corrected chi connectivity index (χ4v) is 12.4. The van der Waals surface area contributed by atoms with Gasteiger partial charge in [-0.25, -0.2) is 0 Å².